The van der Waals surface area contributed by atoms with E-state index >= 15 is 0 Å². The molecule has 8 nitrogen and oxygen atoms in total. The lowest BCUT2D eigenvalue weighted by Crippen LogP contribution is -2.19. The Kier molecular flexibility index (Phi) is 5.44. The first-order valence-corrected chi connectivity index (χ1v) is 9.79. The minimum Gasteiger partial charge on any atom is -0.493 e. The van der Waals surface area contributed by atoms with Gasteiger partial charge in [-0.05, 0) is 19.1 Å². The molecule has 2 heterocycles. The topological polar surface area (TPSA) is 92.8 Å². The Morgan fingerprint density at radius 3 is 2.19 bits per heavy atom. The molecule has 0 radical (unpaired) electrons. The predicted molar refractivity (Wildman–Crippen MR) is 119 cm³/mol. The number of hydrogen-bond acceptors (Lipinski definition) is 7. The van der Waals surface area contributed by atoms with Crippen molar-refractivity contribution in [1.29, 1.82) is 0 Å². The summed E-state index contributed by atoms with van der Waals surface area (Å²) in [5, 5.41) is 0.432. The van der Waals surface area contributed by atoms with Gasteiger partial charge in [-0.15, -0.1) is 0 Å². The molecule has 164 valence electrons. The highest BCUT2D eigenvalue weighted by Gasteiger charge is 2.27. The molecule has 4 rings (SSSR count). The zero-order valence-corrected chi connectivity index (χ0v) is 18.4. The summed E-state index contributed by atoms with van der Waals surface area (Å²) >= 11 is 0. The minimum atomic E-state index is -0.478. The number of benzene rings is 2. The van der Waals surface area contributed by atoms with E-state index in [9.17, 15) is 9.59 Å². The maximum Gasteiger partial charge on any atom is 0.350 e. The fourth-order valence-electron chi connectivity index (χ4n) is 3.58. The van der Waals surface area contributed by atoms with Crippen molar-refractivity contribution in [2.24, 2.45) is 7.05 Å². The quantitative estimate of drug-likeness (QED) is 0.427. The first-order chi connectivity index (χ1) is 15.4. The molecule has 0 aliphatic rings. The highest BCUT2D eigenvalue weighted by atomic mass is 16.5. The molecule has 0 saturated heterocycles. The number of aromatic nitrogens is 2. The third kappa shape index (κ3) is 3.39. The number of ketones is 1. The van der Waals surface area contributed by atoms with Gasteiger partial charge in [0.1, 0.15) is 5.76 Å². The smallest absolute Gasteiger partial charge is 0.350 e. The van der Waals surface area contributed by atoms with Gasteiger partial charge in [-0.2, -0.15) is 0 Å². The van der Waals surface area contributed by atoms with Crippen molar-refractivity contribution in [2.45, 2.75) is 6.92 Å². The van der Waals surface area contributed by atoms with Crippen molar-refractivity contribution in [2.75, 3.05) is 21.3 Å². The van der Waals surface area contributed by atoms with Gasteiger partial charge < -0.3 is 18.6 Å². The monoisotopic (exact) mass is 434 g/mol. The zero-order valence-electron chi connectivity index (χ0n) is 18.4. The van der Waals surface area contributed by atoms with Crippen molar-refractivity contribution >= 4 is 16.9 Å². The molecular formula is C24H22N2O6. The van der Waals surface area contributed by atoms with Crippen molar-refractivity contribution in [3.8, 4) is 28.6 Å². The predicted octanol–water partition coefficient (Wildman–Crippen LogP) is 3.76. The van der Waals surface area contributed by atoms with Gasteiger partial charge >= 0.3 is 5.69 Å². The highest BCUT2D eigenvalue weighted by molar-refractivity contribution is 6.19. The number of ether oxygens (including phenoxy) is 3. The molecule has 0 aliphatic heterocycles. The second kappa shape index (κ2) is 8.22. The normalized spacial score (nSPS) is 10.9. The summed E-state index contributed by atoms with van der Waals surface area (Å²) in [5.41, 5.74) is 2.15. The summed E-state index contributed by atoms with van der Waals surface area (Å²) in [7, 11) is 6.01. The second-order valence-corrected chi connectivity index (χ2v) is 7.23. The molecule has 4 aromatic rings. The summed E-state index contributed by atoms with van der Waals surface area (Å²) in [5.74, 6) is 1.10. The number of aryl methyl sites for hydroxylation is 2. The molecule has 2 aromatic heterocycles. The van der Waals surface area contributed by atoms with E-state index in [4.69, 9.17) is 18.6 Å². The number of hydrogen-bond donors (Lipinski definition) is 0. The second-order valence-electron chi connectivity index (χ2n) is 7.23. The van der Waals surface area contributed by atoms with Gasteiger partial charge in [0.15, 0.2) is 17.3 Å². The summed E-state index contributed by atoms with van der Waals surface area (Å²) in [6, 6.07) is 10.7. The zero-order chi connectivity index (χ0) is 23.0. The third-order valence-corrected chi connectivity index (χ3v) is 5.29. The first kappa shape index (κ1) is 21.2. The molecule has 0 saturated carbocycles. The molecule has 0 fully saturated rings. The van der Waals surface area contributed by atoms with E-state index in [2.05, 4.69) is 4.98 Å². The molecule has 32 heavy (non-hydrogen) atoms. The Morgan fingerprint density at radius 1 is 1.00 bits per heavy atom. The molecule has 0 N–H and O–H groups in total. The maximum absolute atomic E-state index is 13.8. The number of carbonyl (C=O) groups is 1. The van der Waals surface area contributed by atoms with Crippen LogP contribution < -0.4 is 19.9 Å². The Balaban J connectivity index is 2.00. The van der Waals surface area contributed by atoms with Crippen molar-refractivity contribution < 1.29 is 23.4 Å². The van der Waals surface area contributed by atoms with Gasteiger partial charge in [0, 0.05) is 24.4 Å². The van der Waals surface area contributed by atoms with Gasteiger partial charge in [0.05, 0.1) is 32.3 Å². The van der Waals surface area contributed by atoms with Crippen LogP contribution in [0.4, 0.5) is 0 Å². The van der Waals surface area contributed by atoms with Crippen LogP contribution >= 0.6 is 0 Å². The highest BCUT2D eigenvalue weighted by Crippen LogP contribution is 2.40. The average Bonchev–Trinajstić information content (AvgIpc) is 3.20. The molecule has 0 unspecified atom stereocenters. The van der Waals surface area contributed by atoms with E-state index in [1.165, 1.54) is 32.1 Å². The number of fused-ring (bicyclic) bond motifs is 1. The summed E-state index contributed by atoms with van der Waals surface area (Å²) in [6.07, 6.45) is 1.37. The van der Waals surface area contributed by atoms with Crippen LogP contribution in [0.25, 0.3) is 22.4 Å². The molecule has 0 bridgehead atoms. The Labute approximate surface area is 184 Å². The third-order valence-electron chi connectivity index (χ3n) is 5.29. The fourth-order valence-corrected chi connectivity index (χ4v) is 3.58. The van der Waals surface area contributed by atoms with E-state index in [0.29, 0.717) is 45.1 Å². The first-order valence-electron chi connectivity index (χ1n) is 9.79. The standard InChI is InChI=1S/C24H22N2O6/c1-13-6-8-14(9-7-13)21-19(16-12-25-24(28)26(2)23(16)32-21)20(27)15-10-17(29-3)22(31-5)18(11-15)30-4/h6-12H,1-5H3. The molecule has 0 amide bonds. The fraction of sp³-hybridized carbons (Fsp3) is 0.208. The number of furan rings is 1. The van der Waals surface area contributed by atoms with Gasteiger partial charge in [-0.25, -0.2) is 9.78 Å². The van der Waals surface area contributed by atoms with Crippen LogP contribution in [-0.4, -0.2) is 36.7 Å². The largest absolute Gasteiger partial charge is 0.493 e. The molecule has 0 spiro atoms. The van der Waals surface area contributed by atoms with Gasteiger partial charge in [0.25, 0.3) is 0 Å². The number of carbonyl (C=O) groups excluding carboxylic acids is 1. The van der Waals surface area contributed by atoms with Gasteiger partial charge in [-0.1, -0.05) is 29.8 Å². The van der Waals surface area contributed by atoms with E-state index in [-0.39, 0.29) is 11.5 Å². The SMILES string of the molecule is COc1cc(C(=O)c2c(-c3ccc(C)cc3)oc3c2cnc(=O)n3C)cc(OC)c1OC. The van der Waals surface area contributed by atoms with Crippen LogP contribution in [0.15, 0.2) is 51.8 Å². The van der Waals surface area contributed by atoms with Gasteiger partial charge in [0.2, 0.25) is 11.5 Å². The molecular weight excluding hydrogens is 412 g/mol. The Morgan fingerprint density at radius 2 is 1.62 bits per heavy atom. The van der Waals surface area contributed by atoms with Crippen LogP contribution in [-0.2, 0) is 7.05 Å². The van der Waals surface area contributed by atoms with E-state index < -0.39 is 5.69 Å². The van der Waals surface area contributed by atoms with E-state index in [0.717, 1.165) is 5.56 Å². The number of methoxy groups -OCH3 is 3. The molecule has 0 atom stereocenters. The summed E-state index contributed by atoms with van der Waals surface area (Å²) in [6.45, 7) is 1.97. The van der Waals surface area contributed by atoms with Crippen molar-refractivity contribution in [3.63, 3.8) is 0 Å². The number of rotatable bonds is 6. The molecule has 8 heteroatoms. The summed E-state index contributed by atoms with van der Waals surface area (Å²) in [4.78, 5) is 29.7. The minimum absolute atomic E-state index is 0.261. The average molecular weight is 434 g/mol. The van der Waals surface area contributed by atoms with Crippen molar-refractivity contribution in [1.82, 2.24) is 9.55 Å². The molecule has 2 aromatic carbocycles. The maximum atomic E-state index is 13.8. The lowest BCUT2D eigenvalue weighted by atomic mass is 9.97. The van der Waals surface area contributed by atoms with Crippen LogP contribution in [0.3, 0.4) is 0 Å². The van der Waals surface area contributed by atoms with E-state index in [1.807, 2.05) is 31.2 Å². The summed E-state index contributed by atoms with van der Waals surface area (Å²) < 4.78 is 23.5. The van der Waals surface area contributed by atoms with Crippen LogP contribution in [0.5, 0.6) is 17.2 Å². The lowest BCUT2D eigenvalue weighted by Gasteiger charge is -2.14. The van der Waals surface area contributed by atoms with E-state index in [1.54, 1.807) is 19.2 Å². The van der Waals surface area contributed by atoms with Crippen LogP contribution in [0.1, 0.15) is 21.5 Å². The van der Waals surface area contributed by atoms with Gasteiger partial charge in [-0.3, -0.25) is 9.36 Å². The Hall–Kier alpha value is -4.07. The molecule has 0 aliphatic carbocycles. The lowest BCUT2D eigenvalue weighted by molar-refractivity contribution is 0.103. The number of nitrogens with zero attached hydrogens (tertiary/aromatic N) is 2. The van der Waals surface area contributed by atoms with Crippen LogP contribution in [0.2, 0.25) is 0 Å². The van der Waals surface area contributed by atoms with Crippen LogP contribution in [0, 0.1) is 6.92 Å². The van der Waals surface area contributed by atoms with Crippen molar-refractivity contribution in [3.05, 3.63) is 69.8 Å². The Bertz CT molecular complexity index is 1360.